The van der Waals surface area contributed by atoms with E-state index >= 15 is 0 Å². The van der Waals surface area contributed by atoms with Gasteiger partial charge in [0.2, 0.25) is 5.88 Å². The zero-order chi connectivity index (χ0) is 20.8. The van der Waals surface area contributed by atoms with Crippen LogP contribution in [0, 0.1) is 0 Å². The molecule has 2 heterocycles. The fraction of sp³-hybridized carbons (Fsp3) is 0.0909. The van der Waals surface area contributed by atoms with Crippen LogP contribution in [0.4, 0.5) is 16.2 Å². The number of hydrogen-bond acceptors (Lipinski definition) is 5. The lowest BCUT2D eigenvalue weighted by Gasteiger charge is -2.09. The molecule has 4 aromatic rings. The highest BCUT2D eigenvalue weighted by Crippen LogP contribution is 2.22. The molecule has 0 fully saturated rings. The van der Waals surface area contributed by atoms with Crippen molar-refractivity contribution in [1.29, 1.82) is 0 Å². The second-order valence-electron chi connectivity index (χ2n) is 6.42. The summed E-state index contributed by atoms with van der Waals surface area (Å²) in [6, 6.07) is 18.0. The van der Waals surface area contributed by atoms with Crippen LogP contribution in [-0.2, 0) is 6.42 Å². The topological polar surface area (TPSA) is 94.0 Å². The SMILES string of the molecule is CCc1ccc(NC(=O)Nc2ccc(Oc3cc(-n4cccn4)ncn3)cc2)cc1. The number of aryl methyl sites for hydroxylation is 1. The van der Waals surface area contributed by atoms with Crippen molar-refractivity contribution < 1.29 is 9.53 Å². The van der Waals surface area contributed by atoms with E-state index in [1.165, 1.54) is 11.9 Å². The van der Waals surface area contributed by atoms with Crippen molar-refractivity contribution in [2.75, 3.05) is 10.6 Å². The van der Waals surface area contributed by atoms with Crippen LogP contribution < -0.4 is 15.4 Å². The van der Waals surface area contributed by atoms with Crippen LogP contribution in [-0.4, -0.2) is 25.8 Å². The second-order valence-corrected chi connectivity index (χ2v) is 6.42. The van der Waals surface area contributed by atoms with Crippen molar-refractivity contribution in [3.63, 3.8) is 0 Å². The first-order chi connectivity index (χ1) is 14.7. The Kier molecular flexibility index (Phi) is 5.66. The summed E-state index contributed by atoms with van der Waals surface area (Å²) < 4.78 is 7.39. The Labute approximate surface area is 173 Å². The van der Waals surface area contributed by atoms with Crippen molar-refractivity contribution in [2.24, 2.45) is 0 Å². The maximum absolute atomic E-state index is 12.2. The van der Waals surface area contributed by atoms with Gasteiger partial charge in [0.25, 0.3) is 0 Å². The molecular formula is C22H20N6O2. The van der Waals surface area contributed by atoms with Crippen LogP contribution in [0.3, 0.4) is 0 Å². The number of rotatable bonds is 6. The third-order valence-electron chi connectivity index (χ3n) is 4.32. The van der Waals surface area contributed by atoms with E-state index in [1.807, 2.05) is 30.3 Å². The molecule has 8 nitrogen and oxygen atoms in total. The summed E-state index contributed by atoms with van der Waals surface area (Å²) >= 11 is 0. The number of nitrogens with zero attached hydrogens (tertiary/aromatic N) is 4. The van der Waals surface area contributed by atoms with Gasteiger partial charge in [-0.25, -0.2) is 19.4 Å². The molecule has 0 atom stereocenters. The van der Waals surface area contributed by atoms with Gasteiger partial charge in [0.05, 0.1) is 0 Å². The fourth-order valence-electron chi connectivity index (χ4n) is 2.76. The molecule has 2 aromatic carbocycles. The number of carbonyl (C=O) groups excluding carboxylic acids is 1. The van der Waals surface area contributed by atoms with Gasteiger partial charge in [-0.1, -0.05) is 19.1 Å². The lowest BCUT2D eigenvalue weighted by Crippen LogP contribution is -2.19. The monoisotopic (exact) mass is 400 g/mol. The molecular weight excluding hydrogens is 380 g/mol. The maximum atomic E-state index is 12.2. The van der Waals surface area contributed by atoms with Crippen molar-refractivity contribution in [2.45, 2.75) is 13.3 Å². The van der Waals surface area contributed by atoms with E-state index in [0.29, 0.717) is 23.1 Å². The van der Waals surface area contributed by atoms with Gasteiger partial charge in [-0.05, 0) is 54.4 Å². The summed E-state index contributed by atoms with van der Waals surface area (Å²) in [5, 5.41) is 9.74. The Bertz CT molecular complexity index is 1110. The molecule has 2 N–H and O–H groups in total. The van der Waals surface area contributed by atoms with Gasteiger partial charge in [-0.2, -0.15) is 5.10 Å². The van der Waals surface area contributed by atoms with Gasteiger partial charge in [0.15, 0.2) is 5.82 Å². The molecule has 8 heteroatoms. The fourth-order valence-corrected chi connectivity index (χ4v) is 2.76. The van der Waals surface area contributed by atoms with E-state index in [0.717, 1.165) is 12.1 Å². The smallest absolute Gasteiger partial charge is 0.323 e. The van der Waals surface area contributed by atoms with Crippen LogP contribution in [0.15, 0.2) is 79.4 Å². The lowest BCUT2D eigenvalue weighted by atomic mass is 10.1. The molecule has 0 aliphatic carbocycles. The number of hydrogen-bond donors (Lipinski definition) is 2. The van der Waals surface area contributed by atoms with Crippen molar-refractivity contribution in [1.82, 2.24) is 19.7 Å². The van der Waals surface area contributed by atoms with Crippen LogP contribution in [0.2, 0.25) is 0 Å². The maximum Gasteiger partial charge on any atom is 0.323 e. The Balaban J connectivity index is 1.36. The molecule has 2 amide bonds. The van der Waals surface area contributed by atoms with Gasteiger partial charge < -0.3 is 15.4 Å². The van der Waals surface area contributed by atoms with E-state index in [4.69, 9.17) is 4.74 Å². The summed E-state index contributed by atoms with van der Waals surface area (Å²) in [5.74, 6) is 1.58. The minimum absolute atomic E-state index is 0.312. The third kappa shape index (κ3) is 4.79. The van der Waals surface area contributed by atoms with Crippen LogP contribution in [0.1, 0.15) is 12.5 Å². The second kappa shape index (κ2) is 8.87. The number of nitrogens with one attached hydrogen (secondary N) is 2. The first-order valence-electron chi connectivity index (χ1n) is 9.46. The minimum atomic E-state index is -0.312. The molecule has 0 unspecified atom stereocenters. The molecule has 0 bridgehead atoms. The van der Waals surface area contributed by atoms with E-state index in [1.54, 1.807) is 47.4 Å². The highest BCUT2D eigenvalue weighted by atomic mass is 16.5. The predicted molar refractivity (Wildman–Crippen MR) is 114 cm³/mol. The lowest BCUT2D eigenvalue weighted by molar-refractivity contribution is 0.262. The average molecular weight is 400 g/mol. The van der Waals surface area contributed by atoms with Crippen LogP contribution in [0.25, 0.3) is 5.82 Å². The molecule has 0 saturated heterocycles. The first-order valence-corrected chi connectivity index (χ1v) is 9.46. The normalized spacial score (nSPS) is 10.4. The van der Waals surface area contributed by atoms with E-state index < -0.39 is 0 Å². The van der Waals surface area contributed by atoms with E-state index in [9.17, 15) is 4.79 Å². The molecule has 0 aliphatic rings. The van der Waals surface area contributed by atoms with Crippen LogP contribution in [0.5, 0.6) is 11.6 Å². The van der Waals surface area contributed by atoms with E-state index in [2.05, 4.69) is 32.6 Å². The Morgan fingerprint density at radius 2 is 1.70 bits per heavy atom. The Morgan fingerprint density at radius 3 is 2.33 bits per heavy atom. The number of anilines is 2. The van der Waals surface area contributed by atoms with E-state index in [-0.39, 0.29) is 6.03 Å². The standard InChI is InChI=1S/C22H20N6O2/c1-2-16-4-6-17(7-5-16)26-22(29)27-18-8-10-19(11-9-18)30-21-14-20(23-15-24-21)28-13-3-12-25-28/h3-15H,2H2,1H3,(H2,26,27,29). The molecule has 30 heavy (non-hydrogen) atoms. The zero-order valence-electron chi connectivity index (χ0n) is 16.3. The Hall–Kier alpha value is -4.20. The largest absolute Gasteiger partial charge is 0.439 e. The summed E-state index contributed by atoms with van der Waals surface area (Å²) in [5.41, 5.74) is 2.60. The van der Waals surface area contributed by atoms with Crippen molar-refractivity contribution >= 4 is 17.4 Å². The van der Waals surface area contributed by atoms with Crippen molar-refractivity contribution in [3.05, 3.63) is 84.9 Å². The summed E-state index contributed by atoms with van der Waals surface area (Å²) in [6.07, 6.45) is 5.83. The predicted octanol–water partition coefficient (Wildman–Crippen LogP) is 4.66. The molecule has 150 valence electrons. The minimum Gasteiger partial charge on any atom is -0.439 e. The Morgan fingerprint density at radius 1 is 1.00 bits per heavy atom. The summed E-state index contributed by atoms with van der Waals surface area (Å²) in [6.45, 7) is 2.09. The average Bonchev–Trinajstić information content (AvgIpc) is 3.31. The molecule has 0 aliphatic heterocycles. The number of benzene rings is 2. The summed E-state index contributed by atoms with van der Waals surface area (Å²) in [4.78, 5) is 20.5. The highest BCUT2D eigenvalue weighted by Gasteiger charge is 2.06. The molecule has 0 spiro atoms. The van der Waals surface area contributed by atoms with Gasteiger partial charge in [0.1, 0.15) is 12.1 Å². The van der Waals surface area contributed by atoms with Gasteiger partial charge >= 0.3 is 6.03 Å². The third-order valence-corrected chi connectivity index (χ3v) is 4.32. The number of urea groups is 1. The van der Waals surface area contributed by atoms with Crippen molar-refractivity contribution in [3.8, 4) is 17.4 Å². The zero-order valence-corrected chi connectivity index (χ0v) is 16.3. The van der Waals surface area contributed by atoms with Gasteiger partial charge in [-0.15, -0.1) is 0 Å². The molecule has 0 saturated carbocycles. The molecule has 2 aromatic heterocycles. The number of ether oxygens (including phenoxy) is 1. The number of aromatic nitrogens is 4. The quantitative estimate of drug-likeness (QED) is 0.491. The molecule has 4 rings (SSSR count). The first kappa shape index (κ1) is 19.1. The highest BCUT2D eigenvalue weighted by molar-refractivity contribution is 5.99. The molecule has 0 radical (unpaired) electrons. The van der Waals surface area contributed by atoms with Crippen LogP contribution >= 0.6 is 0 Å². The van der Waals surface area contributed by atoms with Gasteiger partial charge in [0, 0.05) is 29.8 Å². The number of carbonyl (C=O) groups is 1. The summed E-state index contributed by atoms with van der Waals surface area (Å²) in [7, 11) is 0. The van der Waals surface area contributed by atoms with Gasteiger partial charge in [-0.3, -0.25) is 0 Å². The number of amides is 2.